The highest BCUT2D eigenvalue weighted by atomic mass is 16.5. The molecular weight excluding hydrogens is 296 g/mol. The van der Waals surface area contributed by atoms with E-state index in [4.69, 9.17) is 4.74 Å². The van der Waals surface area contributed by atoms with E-state index in [9.17, 15) is 0 Å². The van der Waals surface area contributed by atoms with E-state index in [2.05, 4.69) is 44.5 Å². The van der Waals surface area contributed by atoms with Crippen LogP contribution in [0.2, 0.25) is 0 Å². The van der Waals surface area contributed by atoms with Gasteiger partial charge in [0, 0.05) is 25.7 Å². The molecule has 1 aliphatic carbocycles. The van der Waals surface area contributed by atoms with E-state index in [-0.39, 0.29) is 0 Å². The Labute approximate surface area is 151 Å². The van der Waals surface area contributed by atoms with Crippen molar-refractivity contribution in [1.29, 1.82) is 0 Å². The minimum Gasteiger partial charge on any atom is -0.378 e. The third-order valence-corrected chi connectivity index (χ3v) is 6.20. The zero-order valence-corrected chi connectivity index (χ0v) is 17.0. The zero-order chi connectivity index (χ0) is 17.5. The van der Waals surface area contributed by atoms with Gasteiger partial charge in [-0.25, -0.2) is 0 Å². The maximum Gasteiger partial charge on any atom is 0.0605 e. The van der Waals surface area contributed by atoms with Crippen molar-refractivity contribution in [1.82, 2.24) is 9.80 Å². The summed E-state index contributed by atoms with van der Waals surface area (Å²) in [7, 11) is 2.27. The first-order chi connectivity index (χ1) is 11.5. The van der Waals surface area contributed by atoms with E-state index in [0.29, 0.717) is 6.10 Å². The summed E-state index contributed by atoms with van der Waals surface area (Å²) in [5.74, 6) is 2.52. The number of rotatable bonds is 10. The van der Waals surface area contributed by atoms with E-state index in [1.807, 2.05) is 0 Å². The minimum atomic E-state index is 0.537. The van der Waals surface area contributed by atoms with Crippen molar-refractivity contribution in [3.05, 3.63) is 0 Å². The Morgan fingerprint density at radius 3 is 2.38 bits per heavy atom. The molecule has 0 spiro atoms. The first kappa shape index (κ1) is 20.2. The number of hydrogen-bond acceptors (Lipinski definition) is 3. The first-order valence-electron chi connectivity index (χ1n) is 10.5. The van der Waals surface area contributed by atoms with Crippen molar-refractivity contribution in [2.75, 3.05) is 39.8 Å². The summed E-state index contributed by atoms with van der Waals surface area (Å²) in [6, 6.07) is 0.765. The predicted molar refractivity (Wildman–Crippen MR) is 103 cm³/mol. The van der Waals surface area contributed by atoms with Gasteiger partial charge in [0.25, 0.3) is 0 Å². The van der Waals surface area contributed by atoms with Crippen LogP contribution in [0.1, 0.15) is 66.2 Å². The van der Waals surface area contributed by atoms with Crippen molar-refractivity contribution < 1.29 is 4.74 Å². The molecule has 0 aromatic rings. The summed E-state index contributed by atoms with van der Waals surface area (Å²) in [4.78, 5) is 5.20. The third kappa shape index (κ3) is 6.65. The van der Waals surface area contributed by atoms with Gasteiger partial charge in [0.15, 0.2) is 0 Å². The number of piperidine rings is 1. The average molecular weight is 339 g/mol. The molecule has 0 radical (unpaired) electrons. The Balaban J connectivity index is 1.49. The molecule has 1 saturated heterocycles. The smallest absolute Gasteiger partial charge is 0.0605 e. The van der Waals surface area contributed by atoms with Crippen molar-refractivity contribution in [3.63, 3.8) is 0 Å². The molecule has 0 aromatic heterocycles. The summed E-state index contributed by atoms with van der Waals surface area (Å²) in [5.41, 5.74) is 0. The Bertz CT molecular complexity index is 333. The Morgan fingerprint density at radius 2 is 1.79 bits per heavy atom. The number of hydrogen-bond donors (Lipinski definition) is 0. The van der Waals surface area contributed by atoms with E-state index in [1.165, 1.54) is 64.7 Å². The largest absolute Gasteiger partial charge is 0.378 e. The molecular formula is C21H42N2O. The molecule has 142 valence electrons. The van der Waals surface area contributed by atoms with Crippen molar-refractivity contribution in [2.24, 2.45) is 17.8 Å². The predicted octanol–water partition coefficient (Wildman–Crippen LogP) is 4.27. The molecule has 2 rings (SSSR count). The molecule has 0 N–H and O–H groups in total. The van der Waals surface area contributed by atoms with Gasteiger partial charge in [-0.05, 0) is 70.0 Å². The molecule has 0 aromatic carbocycles. The fourth-order valence-corrected chi connectivity index (χ4v) is 4.19. The van der Waals surface area contributed by atoms with Crippen molar-refractivity contribution in [3.8, 4) is 0 Å². The second kappa shape index (κ2) is 10.1. The third-order valence-electron chi connectivity index (χ3n) is 6.20. The molecule has 2 aliphatic rings. The molecule has 3 heteroatoms. The lowest BCUT2D eigenvalue weighted by molar-refractivity contribution is -0.0521. The van der Waals surface area contributed by atoms with Crippen LogP contribution in [-0.4, -0.2) is 61.8 Å². The maximum absolute atomic E-state index is 6.13. The molecule has 24 heavy (non-hydrogen) atoms. The van der Waals surface area contributed by atoms with Crippen LogP contribution in [0.4, 0.5) is 0 Å². The lowest BCUT2D eigenvalue weighted by Crippen LogP contribution is -2.47. The monoisotopic (exact) mass is 338 g/mol. The number of ether oxygens (including phenoxy) is 1. The Morgan fingerprint density at radius 1 is 1.12 bits per heavy atom. The van der Waals surface area contributed by atoms with Gasteiger partial charge in [0.1, 0.15) is 0 Å². The van der Waals surface area contributed by atoms with Gasteiger partial charge in [0.05, 0.1) is 6.10 Å². The molecule has 2 fully saturated rings. The fourth-order valence-electron chi connectivity index (χ4n) is 4.19. The van der Waals surface area contributed by atoms with Gasteiger partial charge in [-0.1, -0.05) is 34.1 Å². The van der Waals surface area contributed by atoms with Crippen LogP contribution in [0.3, 0.4) is 0 Å². The van der Waals surface area contributed by atoms with E-state index in [0.717, 1.165) is 30.4 Å². The maximum atomic E-state index is 6.13. The van der Waals surface area contributed by atoms with Gasteiger partial charge in [-0.2, -0.15) is 0 Å². The molecule has 1 unspecified atom stereocenters. The SMILES string of the molecule is CCC(C)CN1CCC(CCOC2CC(N(C)CC(C)C)C2)CC1. The molecule has 1 heterocycles. The molecule has 1 aliphatic heterocycles. The minimum absolute atomic E-state index is 0.537. The Kier molecular flexibility index (Phi) is 8.53. The molecule has 1 atom stereocenters. The summed E-state index contributed by atoms with van der Waals surface area (Å²) < 4.78 is 6.13. The van der Waals surface area contributed by atoms with Crippen LogP contribution < -0.4 is 0 Å². The molecule has 3 nitrogen and oxygen atoms in total. The first-order valence-corrected chi connectivity index (χ1v) is 10.5. The van der Waals surface area contributed by atoms with Gasteiger partial charge in [0.2, 0.25) is 0 Å². The quantitative estimate of drug-likeness (QED) is 0.591. The van der Waals surface area contributed by atoms with Crippen molar-refractivity contribution in [2.45, 2.75) is 78.4 Å². The zero-order valence-electron chi connectivity index (χ0n) is 17.0. The van der Waals surface area contributed by atoms with Crippen LogP contribution in [0.15, 0.2) is 0 Å². The second-order valence-electron chi connectivity index (χ2n) is 9.00. The number of likely N-dealkylation sites (tertiary alicyclic amines) is 1. The van der Waals surface area contributed by atoms with Gasteiger partial charge < -0.3 is 14.5 Å². The number of nitrogens with zero attached hydrogens (tertiary/aromatic N) is 2. The topological polar surface area (TPSA) is 15.7 Å². The highest BCUT2D eigenvalue weighted by Crippen LogP contribution is 2.29. The van der Waals surface area contributed by atoms with Gasteiger partial charge in [-0.3, -0.25) is 0 Å². The van der Waals surface area contributed by atoms with E-state index >= 15 is 0 Å². The summed E-state index contributed by atoms with van der Waals surface area (Å²) in [5, 5.41) is 0. The van der Waals surface area contributed by atoms with Crippen molar-refractivity contribution >= 4 is 0 Å². The lowest BCUT2D eigenvalue weighted by atomic mass is 9.87. The van der Waals surface area contributed by atoms with Gasteiger partial charge >= 0.3 is 0 Å². The highest BCUT2D eigenvalue weighted by molar-refractivity contribution is 4.87. The standard InChI is InChI=1S/C21H42N2O/c1-6-18(4)16-23-10-7-19(8-11-23)9-12-24-21-13-20(14-21)22(5)15-17(2)3/h17-21H,6-16H2,1-5H3. The molecule has 0 amide bonds. The van der Waals surface area contributed by atoms with Crippen LogP contribution in [0.5, 0.6) is 0 Å². The summed E-state index contributed by atoms with van der Waals surface area (Å²) in [6.07, 6.45) is 8.37. The lowest BCUT2D eigenvalue weighted by Gasteiger charge is -2.42. The summed E-state index contributed by atoms with van der Waals surface area (Å²) in [6.45, 7) is 15.4. The molecule has 1 saturated carbocycles. The van der Waals surface area contributed by atoms with E-state index < -0.39 is 0 Å². The van der Waals surface area contributed by atoms with Crippen LogP contribution in [0.25, 0.3) is 0 Å². The second-order valence-corrected chi connectivity index (χ2v) is 9.00. The summed E-state index contributed by atoms with van der Waals surface area (Å²) >= 11 is 0. The van der Waals surface area contributed by atoms with Gasteiger partial charge in [-0.15, -0.1) is 0 Å². The average Bonchev–Trinajstić information content (AvgIpc) is 2.50. The highest BCUT2D eigenvalue weighted by Gasteiger charge is 2.33. The van der Waals surface area contributed by atoms with Crippen LogP contribution >= 0.6 is 0 Å². The van der Waals surface area contributed by atoms with Crippen LogP contribution in [0, 0.1) is 17.8 Å². The fraction of sp³-hybridized carbons (Fsp3) is 1.00. The Hall–Kier alpha value is -0.120. The molecule has 0 bridgehead atoms. The normalized spacial score (nSPS) is 27.6. The van der Waals surface area contributed by atoms with E-state index in [1.54, 1.807) is 0 Å². The van der Waals surface area contributed by atoms with Crippen LogP contribution in [-0.2, 0) is 4.74 Å².